The third kappa shape index (κ3) is 3.63. The van der Waals surface area contributed by atoms with Crippen LogP contribution >= 0.6 is 11.3 Å². The zero-order chi connectivity index (χ0) is 20.5. The van der Waals surface area contributed by atoms with Gasteiger partial charge in [0.2, 0.25) is 0 Å². The SMILES string of the molecule is COc1ccc(Cc2nc3sc(C)c(-c4cc(C)ccc4OC)c3c(=O)[nH]2)cc1. The van der Waals surface area contributed by atoms with Gasteiger partial charge in [-0.2, -0.15) is 0 Å². The van der Waals surface area contributed by atoms with Crippen LogP contribution in [0.2, 0.25) is 0 Å². The number of thiophene rings is 1. The van der Waals surface area contributed by atoms with Crippen LogP contribution in [0.1, 0.15) is 21.8 Å². The van der Waals surface area contributed by atoms with Crippen molar-refractivity contribution < 1.29 is 9.47 Å². The number of methoxy groups -OCH3 is 2. The molecular weight excluding hydrogens is 384 g/mol. The molecule has 0 fully saturated rings. The molecule has 0 atom stereocenters. The number of aryl methyl sites for hydroxylation is 2. The van der Waals surface area contributed by atoms with Gasteiger partial charge in [-0.05, 0) is 43.7 Å². The van der Waals surface area contributed by atoms with Crippen LogP contribution in [0.3, 0.4) is 0 Å². The average molecular weight is 407 g/mol. The van der Waals surface area contributed by atoms with Gasteiger partial charge in [0.15, 0.2) is 0 Å². The largest absolute Gasteiger partial charge is 0.497 e. The smallest absolute Gasteiger partial charge is 0.260 e. The summed E-state index contributed by atoms with van der Waals surface area (Å²) in [4.78, 5) is 22.5. The number of rotatable bonds is 5. The van der Waals surface area contributed by atoms with Gasteiger partial charge in [0.1, 0.15) is 22.2 Å². The van der Waals surface area contributed by atoms with E-state index in [0.29, 0.717) is 17.6 Å². The maximum absolute atomic E-state index is 13.0. The summed E-state index contributed by atoms with van der Waals surface area (Å²) < 4.78 is 10.8. The lowest BCUT2D eigenvalue weighted by Gasteiger charge is -2.10. The van der Waals surface area contributed by atoms with Crippen molar-refractivity contribution in [2.45, 2.75) is 20.3 Å². The highest BCUT2D eigenvalue weighted by molar-refractivity contribution is 7.19. The normalized spacial score (nSPS) is 11.0. The lowest BCUT2D eigenvalue weighted by Crippen LogP contribution is -2.12. The van der Waals surface area contributed by atoms with E-state index >= 15 is 0 Å². The Labute approximate surface area is 173 Å². The average Bonchev–Trinajstić information content (AvgIpc) is 3.04. The Morgan fingerprint density at radius 2 is 1.79 bits per heavy atom. The first kappa shape index (κ1) is 19.2. The molecule has 1 N–H and O–H groups in total. The van der Waals surface area contributed by atoms with Crippen molar-refractivity contribution in [3.05, 3.63) is 74.6 Å². The van der Waals surface area contributed by atoms with Crippen LogP contribution in [0.15, 0.2) is 47.3 Å². The van der Waals surface area contributed by atoms with Gasteiger partial charge in [0.05, 0.1) is 19.6 Å². The lowest BCUT2D eigenvalue weighted by molar-refractivity contribution is 0.414. The maximum Gasteiger partial charge on any atom is 0.260 e. The summed E-state index contributed by atoms with van der Waals surface area (Å²) in [5, 5.41) is 0.620. The Hall–Kier alpha value is -3.12. The molecule has 148 valence electrons. The molecule has 0 unspecified atom stereocenters. The number of aromatic nitrogens is 2. The quantitative estimate of drug-likeness (QED) is 0.513. The molecule has 0 saturated carbocycles. The van der Waals surface area contributed by atoms with Crippen LogP contribution < -0.4 is 15.0 Å². The van der Waals surface area contributed by atoms with E-state index in [2.05, 4.69) is 11.1 Å². The Balaban J connectivity index is 1.81. The van der Waals surface area contributed by atoms with Crippen LogP contribution in [0.4, 0.5) is 0 Å². The monoisotopic (exact) mass is 406 g/mol. The molecule has 0 bridgehead atoms. The first-order valence-corrected chi connectivity index (χ1v) is 10.1. The van der Waals surface area contributed by atoms with Crippen LogP contribution in [0.5, 0.6) is 11.5 Å². The van der Waals surface area contributed by atoms with Crippen molar-refractivity contribution in [3.8, 4) is 22.6 Å². The number of aromatic amines is 1. The van der Waals surface area contributed by atoms with Crippen LogP contribution in [-0.2, 0) is 6.42 Å². The Morgan fingerprint density at radius 3 is 2.48 bits per heavy atom. The summed E-state index contributed by atoms with van der Waals surface area (Å²) in [6.45, 7) is 4.05. The fourth-order valence-corrected chi connectivity index (χ4v) is 4.58. The Kier molecular flexibility index (Phi) is 5.11. The Bertz CT molecular complexity index is 1240. The molecule has 2 heterocycles. The predicted octanol–water partition coefficient (Wildman–Crippen LogP) is 4.88. The van der Waals surface area contributed by atoms with E-state index in [-0.39, 0.29) is 5.56 Å². The summed E-state index contributed by atoms with van der Waals surface area (Å²) in [5.41, 5.74) is 3.87. The van der Waals surface area contributed by atoms with Gasteiger partial charge in [-0.25, -0.2) is 4.98 Å². The highest BCUT2D eigenvalue weighted by Gasteiger charge is 2.19. The number of nitrogens with one attached hydrogen (secondary N) is 1. The van der Waals surface area contributed by atoms with Crippen molar-refractivity contribution in [1.82, 2.24) is 9.97 Å². The van der Waals surface area contributed by atoms with Crippen LogP contribution in [-0.4, -0.2) is 24.2 Å². The predicted molar refractivity (Wildman–Crippen MR) is 118 cm³/mol. The molecule has 0 saturated heterocycles. The first-order chi connectivity index (χ1) is 14.0. The number of benzene rings is 2. The van der Waals surface area contributed by atoms with Gasteiger partial charge in [0, 0.05) is 22.4 Å². The summed E-state index contributed by atoms with van der Waals surface area (Å²) in [5.74, 6) is 2.20. The molecule has 0 aliphatic carbocycles. The minimum Gasteiger partial charge on any atom is -0.497 e. The minimum atomic E-state index is -0.124. The van der Waals surface area contributed by atoms with Gasteiger partial charge < -0.3 is 14.5 Å². The Morgan fingerprint density at radius 1 is 1.03 bits per heavy atom. The fourth-order valence-electron chi connectivity index (χ4n) is 3.53. The number of ether oxygens (including phenoxy) is 2. The molecule has 0 aliphatic heterocycles. The van der Waals surface area contributed by atoms with Crippen LogP contribution in [0.25, 0.3) is 21.3 Å². The van der Waals surface area contributed by atoms with Crippen molar-refractivity contribution >= 4 is 21.6 Å². The van der Waals surface area contributed by atoms with E-state index < -0.39 is 0 Å². The van der Waals surface area contributed by atoms with E-state index in [1.165, 1.54) is 11.3 Å². The number of hydrogen-bond acceptors (Lipinski definition) is 5. The molecular formula is C23H22N2O3S. The molecule has 0 radical (unpaired) electrons. The van der Waals surface area contributed by atoms with Crippen LogP contribution in [0, 0.1) is 13.8 Å². The van der Waals surface area contributed by atoms with Gasteiger partial charge >= 0.3 is 0 Å². The molecule has 0 spiro atoms. The third-order valence-corrected chi connectivity index (χ3v) is 5.94. The molecule has 4 rings (SSSR count). The van der Waals surface area contributed by atoms with Crippen molar-refractivity contribution in [2.75, 3.05) is 14.2 Å². The second-order valence-electron chi connectivity index (χ2n) is 6.95. The molecule has 2 aromatic heterocycles. The summed E-state index contributed by atoms with van der Waals surface area (Å²) in [6, 6.07) is 13.8. The number of nitrogens with zero attached hydrogens (tertiary/aromatic N) is 1. The number of fused-ring (bicyclic) bond motifs is 1. The van der Waals surface area contributed by atoms with E-state index in [9.17, 15) is 4.79 Å². The van der Waals surface area contributed by atoms with Crippen molar-refractivity contribution in [1.29, 1.82) is 0 Å². The highest BCUT2D eigenvalue weighted by Crippen LogP contribution is 2.40. The van der Waals surface area contributed by atoms with Gasteiger partial charge in [-0.1, -0.05) is 23.8 Å². The summed E-state index contributed by atoms with van der Waals surface area (Å²) in [7, 11) is 3.29. The number of H-pyrrole nitrogens is 1. The zero-order valence-corrected chi connectivity index (χ0v) is 17.6. The van der Waals surface area contributed by atoms with E-state index in [0.717, 1.165) is 43.5 Å². The second-order valence-corrected chi connectivity index (χ2v) is 8.16. The standard InChI is InChI=1S/C23H22N2O3S/c1-13-5-10-18(28-4)17(11-13)20-14(2)29-23-21(20)22(26)24-19(25-23)12-15-6-8-16(27-3)9-7-15/h5-11H,12H2,1-4H3,(H,24,25,26). The van der Waals surface area contributed by atoms with Gasteiger partial charge in [-0.3, -0.25) is 4.79 Å². The maximum atomic E-state index is 13.0. The lowest BCUT2D eigenvalue weighted by atomic mass is 10.0. The second kappa shape index (κ2) is 7.72. The fraction of sp³-hybridized carbons (Fsp3) is 0.217. The molecule has 5 nitrogen and oxygen atoms in total. The molecule has 6 heteroatoms. The van der Waals surface area contributed by atoms with E-state index in [4.69, 9.17) is 14.5 Å². The summed E-state index contributed by atoms with van der Waals surface area (Å²) in [6.07, 6.45) is 0.551. The molecule has 4 aromatic rings. The van der Waals surface area contributed by atoms with E-state index in [1.54, 1.807) is 14.2 Å². The topological polar surface area (TPSA) is 64.2 Å². The molecule has 2 aromatic carbocycles. The highest BCUT2D eigenvalue weighted by atomic mass is 32.1. The van der Waals surface area contributed by atoms with Gasteiger partial charge in [-0.15, -0.1) is 11.3 Å². The van der Waals surface area contributed by atoms with Crippen molar-refractivity contribution in [3.63, 3.8) is 0 Å². The number of hydrogen-bond donors (Lipinski definition) is 1. The zero-order valence-electron chi connectivity index (χ0n) is 16.8. The molecule has 0 aliphatic rings. The third-order valence-electron chi connectivity index (χ3n) is 4.94. The molecule has 0 amide bonds. The molecule has 29 heavy (non-hydrogen) atoms. The van der Waals surface area contributed by atoms with Gasteiger partial charge in [0.25, 0.3) is 5.56 Å². The van der Waals surface area contributed by atoms with Crippen molar-refractivity contribution in [2.24, 2.45) is 0 Å². The first-order valence-electron chi connectivity index (χ1n) is 9.30. The summed E-state index contributed by atoms with van der Waals surface area (Å²) >= 11 is 1.54. The van der Waals surface area contributed by atoms with E-state index in [1.807, 2.05) is 50.2 Å². The minimum absolute atomic E-state index is 0.124.